The molecule has 0 saturated carbocycles. The molecule has 0 radical (unpaired) electrons. The van der Waals surface area contributed by atoms with Crippen molar-refractivity contribution in [2.45, 2.75) is 142 Å². The molecule has 0 aromatic carbocycles. The molecule has 6 nitrogen and oxygen atoms in total. The lowest BCUT2D eigenvalue weighted by Gasteiger charge is -2.29. The molecular weight excluding hydrogens is 561 g/mol. The number of amides is 2. The molecule has 0 saturated heterocycles. The SMILES string of the molecule is CCCCCCCCCCCCCCCCCCC[N+](C)(C)CCCC(=O)NCCSSCCNC(=O)CCCNC. The zero-order valence-corrected chi connectivity index (χ0v) is 30.0. The molecular formula is C34H71N4O2S2+. The predicted molar refractivity (Wildman–Crippen MR) is 189 cm³/mol. The predicted octanol–water partition coefficient (Wildman–Crippen LogP) is 8.11. The molecule has 0 fully saturated rings. The summed E-state index contributed by atoms with van der Waals surface area (Å²) in [5.41, 5.74) is 0. The molecule has 3 N–H and O–H groups in total. The fourth-order valence-corrected chi connectivity index (χ4v) is 7.04. The van der Waals surface area contributed by atoms with Gasteiger partial charge in [-0.05, 0) is 32.9 Å². The molecule has 0 aliphatic carbocycles. The van der Waals surface area contributed by atoms with Gasteiger partial charge >= 0.3 is 0 Å². The second kappa shape index (κ2) is 32.0. The Labute approximate surface area is 269 Å². The Hall–Kier alpha value is -0.440. The summed E-state index contributed by atoms with van der Waals surface area (Å²) in [5, 5.41) is 9.06. The van der Waals surface area contributed by atoms with Crippen LogP contribution in [0.4, 0.5) is 0 Å². The van der Waals surface area contributed by atoms with Crippen molar-refractivity contribution in [1.82, 2.24) is 16.0 Å². The van der Waals surface area contributed by atoms with Crippen molar-refractivity contribution in [3.63, 3.8) is 0 Å². The van der Waals surface area contributed by atoms with Crippen LogP contribution in [0, 0.1) is 0 Å². The van der Waals surface area contributed by atoms with Crippen LogP contribution in [-0.2, 0) is 9.59 Å². The number of carbonyl (C=O) groups excluding carboxylic acids is 2. The van der Waals surface area contributed by atoms with Gasteiger partial charge in [0.05, 0.1) is 27.2 Å². The van der Waals surface area contributed by atoms with E-state index in [-0.39, 0.29) is 11.8 Å². The highest BCUT2D eigenvalue weighted by molar-refractivity contribution is 8.76. The van der Waals surface area contributed by atoms with Gasteiger partial charge in [-0.15, -0.1) is 0 Å². The maximum atomic E-state index is 12.2. The number of rotatable bonds is 33. The summed E-state index contributed by atoms with van der Waals surface area (Å²) < 4.78 is 1.02. The lowest BCUT2D eigenvalue weighted by Crippen LogP contribution is -2.41. The van der Waals surface area contributed by atoms with Crippen molar-refractivity contribution in [3.05, 3.63) is 0 Å². The standard InChI is InChI=1S/C34H70N4O2S2/c1-5-6-7-8-9-10-11-12-13-14-15-16-17-18-19-20-21-29-38(3,4)30-23-25-34(40)37-28-32-42-41-31-27-36-33(39)24-22-26-35-2/h35H,5-32H2,1-4H3,(H-,36,37,39,40)/p+1. The smallest absolute Gasteiger partial charge is 0.220 e. The summed E-state index contributed by atoms with van der Waals surface area (Å²) in [6.07, 6.45) is 27.1. The number of hydrogen-bond acceptors (Lipinski definition) is 5. The van der Waals surface area contributed by atoms with E-state index in [4.69, 9.17) is 0 Å². The fourth-order valence-electron chi connectivity index (χ4n) is 5.23. The Balaban J connectivity index is 3.43. The number of carbonyl (C=O) groups is 2. The first kappa shape index (κ1) is 41.6. The van der Waals surface area contributed by atoms with E-state index >= 15 is 0 Å². The van der Waals surface area contributed by atoms with Gasteiger partial charge in [0.25, 0.3) is 0 Å². The van der Waals surface area contributed by atoms with Gasteiger partial charge in [0, 0.05) is 43.9 Å². The summed E-state index contributed by atoms with van der Waals surface area (Å²) in [6, 6.07) is 0. The van der Waals surface area contributed by atoms with Crippen molar-refractivity contribution >= 4 is 33.4 Å². The maximum absolute atomic E-state index is 12.2. The lowest BCUT2D eigenvalue weighted by molar-refractivity contribution is -0.890. The highest BCUT2D eigenvalue weighted by atomic mass is 33.1. The highest BCUT2D eigenvalue weighted by Crippen LogP contribution is 2.19. The van der Waals surface area contributed by atoms with Gasteiger partial charge in [0.1, 0.15) is 0 Å². The van der Waals surface area contributed by atoms with Gasteiger partial charge in [-0.25, -0.2) is 0 Å². The second-order valence-corrected chi connectivity index (χ2v) is 15.4. The summed E-state index contributed by atoms with van der Waals surface area (Å²) in [6.45, 7) is 6.86. The molecule has 0 spiro atoms. The minimum atomic E-state index is 0.130. The van der Waals surface area contributed by atoms with Gasteiger partial charge in [-0.1, -0.05) is 125 Å². The Morgan fingerprint density at radius 2 is 0.905 bits per heavy atom. The van der Waals surface area contributed by atoms with Crippen LogP contribution in [0.25, 0.3) is 0 Å². The first-order valence-corrected chi connectivity index (χ1v) is 20.1. The van der Waals surface area contributed by atoms with Crippen LogP contribution in [0.5, 0.6) is 0 Å². The number of nitrogens with one attached hydrogen (secondary N) is 3. The third-order valence-electron chi connectivity index (χ3n) is 7.96. The molecule has 0 aliphatic heterocycles. The van der Waals surface area contributed by atoms with Crippen molar-refractivity contribution in [2.75, 3.05) is 65.4 Å². The topological polar surface area (TPSA) is 70.2 Å². The zero-order chi connectivity index (χ0) is 31.0. The Bertz CT molecular complexity index is 608. The van der Waals surface area contributed by atoms with Gasteiger partial charge in [-0.2, -0.15) is 0 Å². The monoisotopic (exact) mass is 632 g/mol. The zero-order valence-electron chi connectivity index (χ0n) is 28.4. The van der Waals surface area contributed by atoms with Crippen molar-refractivity contribution in [1.29, 1.82) is 0 Å². The summed E-state index contributed by atoms with van der Waals surface area (Å²) in [5.74, 6) is 2.09. The number of nitrogens with zero attached hydrogens (tertiary/aromatic N) is 1. The van der Waals surface area contributed by atoms with Crippen LogP contribution < -0.4 is 16.0 Å². The Morgan fingerprint density at radius 1 is 0.524 bits per heavy atom. The maximum Gasteiger partial charge on any atom is 0.220 e. The molecule has 0 aromatic heterocycles. The molecule has 2 amide bonds. The Kier molecular flexibility index (Phi) is 31.6. The van der Waals surface area contributed by atoms with Crippen LogP contribution in [0.15, 0.2) is 0 Å². The van der Waals surface area contributed by atoms with Crippen molar-refractivity contribution < 1.29 is 14.1 Å². The molecule has 42 heavy (non-hydrogen) atoms. The molecule has 250 valence electrons. The highest BCUT2D eigenvalue weighted by Gasteiger charge is 2.15. The van der Waals surface area contributed by atoms with Gasteiger partial charge in [-0.3, -0.25) is 9.59 Å². The average molecular weight is 632 g/mol. The minimum absolute atomic E-state index is 0.130. The minimum Gasteiger partial charge on any atom is -0.355 e. The quantitative estimate of drug-likeness (QED) is 0.0388. The molecule has 0 aromatic rings. The fraction of sp³-hybridized carbons (Fsp3) is 0.941. The Morgan fingerprint density at radius 3 is 1.33 bits per heavy atom. The van der Waals surface area contributed by atoms with Crippen LogP contribution in [0.1, 0.15) is 142 Å². The van der Waals surface area contributed by atoms with Gasteiger partial charge in [0.15, 0.2) is 0 Å². The molecule has 8 heteroatoms. The van der Waals surface area contributed by atoms with Crippen LogP contribution >= 0.6 is 21.6 Å². The van der Waals surface area contributed by atoms with Crippen molar-refractivity contribution in [3.8, 4) is 0 Å². The van der Waals surface area contributed by atoms with E-state index in [1.165, 1.54) is 116 Å². The van der Waals surface area contributed by atoms with Gasteiger partial charge < -0.3 is 20.4 Å². The normalized spacial score (nSPS) is 11.6. The van der Waals surface area contributed by atoms with E-state index in [1.807, 2.05) is 7.05 Å². The summed E-state index contributed by atoms with van der Waals surface area (Å²) >= 11 is 0. The largest absolute Gasteiger partial charge is 0.355 e. The van der Waals surface area contributed by atoms with E-state index in [1.54, 1.807) is 21.6 Å². The lowest BCUT2D eigenvalue weighted by atomic mass is 10.0. The third-order valence-corrected chi connectivity index (χ3v) is 10.4. The molecule has 0 atom stereocenters. The van der Waals surface area contributed by atoms with E-state index in [0.29, 0.717) is 25.9 Å². The number of quaternary nitrogens is 1. The molecule has 0 unspecified atom stereocenters. The van der Waals surface area contributed by atoms with Gasteiger partial charge in [0.2, 0.25) is 11.8 Å². The average Bonchev–Trinajstić information content (AvgIpc) is 2.96. The number of unbranched alkanes of at least 4 members (excludes halogenated alkanes) is 16. The van der Waals surface area contributed by atoms with Crippen LogP contribution in [-0.4, -0.2) is 81.7 Å². The third kappa shape index (κ3) is 32.5. The van der Waals surface area contributed by atoms with Crippen molar-refractivity contribution in [2.24, 2.45) is 0 Å². The van der Waals surface area contributed by atoms with E-state index in [9.17, 15) is 9.59 Å². The summed E-state index contributed by atoms with van der Waals surface area (Å²) in [4.78, 5) is 23.8. The first-order chi connectivity index (χ1) is 20.4. The second-order valence-electron chi connectivity index (χ2n) is 12.7. The molecule has 0 rings (SSSR count). The molecule has 0 bridgehead atoms. The summed E-state index contributed by atoms with van der Waals surface area (Å²) in [7, 11) is 10.0. The van der Waals surface area contributed by atoms with Crippen LogP contribution in [0.3, 0.4) is 0 Å². The first-order valence-electron chi connectivity index (χ1n) is 17.7. The number of hydrogen-bond donors (Lipinski definition) is 3. The molecule has 0 aliphatic rings. The van der Waals surface area contributed by atoms with E-state index in [2.05, 4.69) is 37.0 Å². The van der Waals surface area contributed by atoms with E-state index < -0.39 is 0 Å². The van der Waals surface area contributed by atoms with Crippen LogP contribution in [0.2, 0.25) is 0 Å². The molecule has 0 heterocycles. The van der Waals surface area contributed by atoms with E-state index in [0.717, 1.165) is 41.9 Å².